The van der Waals surface area contributed by atoms with E-state index in [4.69, 9.17) is 4.42 Å². The van der Waals surface area contributed by atoms with Gasteiger partial charge in [-0.3, -0.25) is 4.79 Å². The fourth-order valence-corrected chi connectivity index (χ4v) is 3.03. The van der Waals surface area contributed by atoms with Gasteiger partial charge in [-0.05, 0) is 38.5 Å². The Morgan fingerprint density at radius 1 is 1.26 bits per heavy atom. The van der Waals surface area contributed by atoms with Crippen molar-refractivity contribution in [3.05, 3.63) is 41.3 Å². The number of oxazole rings is 1. The van der Waals surface area contributed by atoms with Crippen LogP contribution in [0.25, 0.3) is 0 Å². The molecule has 0 unspecified atom stereocenters. The molecule has 0 radical (unpaired) electrons. The van der Waals surface area contributed by atoms with Crippen LogP contribution in [0.4, 0.5) is 24.9 Å². The van der Waals surface area contributed by atoms with E-state index in [2.05, 4.69) is 15.0 Å². The molecule has 2 aromatic rings. The standard InChI is InChI=1S/C15H17F3N4O4S/c1-8(2)21-27(24,25)22-13(23)12-7-26-14(20-12)19-11-6-10(15(16,17)18)5-4-9(11)3/h4-8,21H,1-3H3,(H,19,20)(H,22,23). The number of alkyl halides is 3. The van der Waals surface area contributed by atoms with Gasteiger partial charge in [-0.15, -0.1) is 0 Å². The predicted octanol–water partition coefficient (Wildman–Crippen LogP) is 2.72. The first kappa shape index (κ1) is 20.7. The molecular weight excluding hydrogens is 389 g/mol. The van der Waals surface area contributed by atoms with Gasteiger partial charge in [0.15, 0.2) is 5.69 Å². The van der Waals surface area contributed by atoms with Crippen LogP contribution >= 0.6 is 0 Å². The Bertz CT molecular complexity index is 939. The summed E-state index contributed by atoms with van der Waals surface area (Å²) in [4.78, 5) is 15.7. The fourth-order valence-electron chi connectivity index (χ4n) is 2.00. The van der Waals surface area contributed by atoms with Crippen LogP contribution < -0.4 is 14.8 Å². The van der Waals surface area contributed by atoms with Gasteiger partial charge in [0.25, 0.3) is 11.9 Å². The Balaban J connectivity index is 2.16. The van der Waals surface area contributed by atoms with Gasteiger partial charge < -0.3 is 9.73 Å². The Morgan fingerprint density at radius 3 is 2.52 bits per heavy atom. The highest BCUT2D eigenvalue weighted by Gasteiger charge is 2.31. The first-order valence-corrected chi connectivity index (χ1v) is 9.10. The summed E-state index contributed by atoms with van der Waals surface area (Å²) >= 11 is 0. The fraction of sp³-hybridized carbons (Fsp3) is 0.333. The second-order valence-electron chi connectivity index (χ2n) is 5.90. The molecule has 0 aliphatic heterocycles. The van der Waals surface area contributed by atoms with E-state index in [1.165, 1.54) is 6.07 Å². The molecule has 27 heavy (non-hydrogen) atoms. The number of amides is 1. The first-order valence-electron chi connectivity index (χ1n) is 7.62. The summed E-state index contributed by atoms with van der Waals surface area (Å²) in [5.74, 6) is -1.05. The van der Waals surface area contributed by atoms with Gasteiger partial charge in [-0.2, -0.15) is 31.3 Å². The number of nitrogens with one attached hydrogen (secondary N) is 3. The number of nitrogens with zero attached hydrogens (tertiary/aromatic N) is 1. The molecule has 0 bridgehead atoms. The Hall–Kier alpha value is -2.60. The summed E-state index contributed by atoms with van der Waals surface area (Å²) < 4.78 is 70.7. The molecule has 12 heteroatoms. The number of halogens is 3. The van der Waals surface area contributed by atoms with Crippen molar-refractivity contribution in [2.75, 3.05) is 5.32 Å². The summed E-state index contributed by atoms with van der Waals surface area (Å²) in [6.07, 6.45) is -3.64. The highest BCUT2D eigenvalue weighted by Crippen LogP contribution is 2.32. The number of hydrogen-bond acceptors (Lipinski definition) is 6. The lowest BCUT2D eigenvalue weighted by molar-refractivity contribution is -0.137. The van der Waals surface area contributed by atoms with Crippen molar-refractivity contribution in [3.63, 3.8) is 0 Å². The molecule has 1 aromatic heterocycles. The largest absolute Gasteiger partial charge is 0.431 e. The molecule has 8 nitrogen and oxygen atoms in total. The molecule has 1 aromatic carbocycles. The van der Waals surface area contributed by atoms with Crippen LogP contribution in [0.3, 0.4) is 0 Å². The van der Waals surface area contributed by atoms with Crippen LogP contribution in [0.15, 0.2) is 28.9 Å². The van der Waals surface area contributed by atoms with Crippen molar-refractivity contribution >= 4 is 27.8 Å². The minimum atomic E-state index is -4.52. The van der Waals surface area contributed by atoms with Gasteiger partial charge in [-0.1, -0.05) is 6.07 Å². The van der Waals surface area contributed by atoms with Crippen LogP contribution in [0.1, 0.15) is 35.5 Å². The quantitative estimate of drug-likeness (QED) is 0.680. The molecule has 0 aliphatic carbocycles. The third-order valence-corrected chi connectivity index (χ3v) is 4.40. The predicted molar refractivity (Wildman–Crippen MR) is 90.6 cm³/mol. The molecule has 0 atom stereocenters. The topological polar surface area (TPSA) is 113 Å². The van der Waals surface area contributed by atoms with E-state index in [1.807, 2.05) is 0 Å². The number of benzene rings is 1. The molecule has 0 fully saturated rings. The van der Waals surface area contributed by atoms with Crippen molar-refractivity contribution < 1.29 is 30.8 Å². The summed E-state index contributed by atoms with van der Waals surface area (Å²) in [7, 11) is -4.08. The molecule has 3 N–H and O–H groups in total. The maximum absolute atomic E-state index is 12.8. The number of aryl methyl sites for hydroxylation is 1. The lowest BCUT2D eigenvalue weighted by Crippen LogP contribution is -2.43. The van der Waals surface area contributed by atoms with Gasteiger partial charge in [0.2, 0.25) is 0 Å². The molecule has 0 aliphatic rings. The highest BCUT2D eigenvalue weighted by molar-refractivity contribution is 7.88. The van der Waals surface area contributed by atoms with E-state index < -0.39 is 33.9 Å². The van der Waals surface area contributed by atoms with Gasteiger partial charge in [0, 0.05) is 11.7 Å². The normalized spacial score (nSPS) is 12.3. The molecule has 0 saturated carbocycles. The number of anilines is 2. The van der Waals surface area contributed by atoms with E-state index in [1.54, 1.807) is 25.5 Å². The number of carbonyl (C=O) groups is 1. The van der Waals surface area contributed by atoms with Crippen LogP contribution in [-0.2, 0) is 16.4 Å². The van der Waals surface area contributed by atoms with Crippen LogP contribution in [0.5, 0.6) is 0 Å². The second kappa shape index (κ2) is 7.56. The number of rotatable bonds is 6. The van der Waals surface area contributed by atoms with Crippen molar-refractivity contribution in [2.24, 2.45) is 0 Å². The van der Waals surface area contributed by atoms with Crippen LogP contribution in [0, 0.1) is 6.92 Å². The SMILES string of the molecule is Cc1ccc(C(F)(F)F)cc1Nc1nc(C(=O)NS(=O)(=O)NC(C)C)co1. The Morgan fingerprint density at radius 2 is 1.93 bits per heavy atom. The summed E-state index contributed by atoms with van der Waals surface area (Å²) in [5, 5.41) is 2.53. The van der Waals surface area contributed by atoms with Crippen LogP contribution in [-0.4, -0.2) is 25.4 Å². The maximum Gasteiger partial charge on any atom is 0.416 e. The smallest absolute Gasteiger partial charge is 0.416 e. The van der Waals surface area contributed by atoms with Crippen molar-refractivity contribution in [1.82, 2.24) is 14.4 Å². The Kier molecular flexibility index (Phi) is 5.80. The van der Waals surface area contributed by atoms with E-state index >= 15 is 0 Å². The lowest BCUT2D eigenvalue weighted by Gasteiger charge is -2.11. The minimum Gasteiger partial charge on any atom is -0.431 e. The highest BCUT2D eigenvalue weighted by atomic mass is 32.2. The second-order valence-corrected chi connectivity index (χ2v) is 7.34. The molecular formula is C15H17F3N4O4S. The van der Waals surface area contributed by atoms with Gasteiger partial charge >= 0.3 is 16.4 Å². The zero-order valence-corrected chi connectivity index (χ0v) is 15.3. The van der Waals surface area contributed by atoms with Gasteiger partial charge in [0.1, 0.15) is 6.26 Å². The summed E-state index contributed by atoms with van der Waals surface area (Å²) in [5.41, 5.74) is -0.675. The number of aromatic nitrogens is 1. The van der Waals surface area contributed by atoms with E-state index in [0.29, 0.717) is 5.56 Å². The molecule has 1 heterocycles. The average molecular weight is 406 g/mol. The zero-order valence-electron chi connectivity index (χ0n) is 14.5. The van der Waals surface area contributed by atoms with Crippen molar-refractivity contribution in [3.8, 4) is 0 Å². The summed E-state index contributed by atoms with van der Waals surface area (Å²) in [6.45, 7) is 4.71. The van der Waals surface area contributed by atoms with Crippen molar-refractivity contribution in [2.45, 2.75) is 33.0 Å². The lowest BCUT2D eigenvalue weighted by atomic mass is 10.1. The average Bonchev–Trinajstić information content (AvgIpc) is 2.95. The van der Waals surface area contributed by atoms with Crippen LogP contribution in [0.2, 0.25) is 0 Å². The number of hydrogen-bond donors (Lipinski definition) is 3. The molecule has 148 valence electrons. The van der Waals surface area contributed by atoms with E-state index in [-0.39, 0.29) is 17.4 Å². The maximum atomic E-state index is 12.8. The molecule has 1 amide bonds. The molecule has 2 rings (SSSR count). The third kappa shape index (κ3) is 5.69. The summed E-state index contributed by atoms with van der Waals surface area (Å²) in [6, 6.07) is 2.37. The third-order valence-electron chi connectivity index (χ3n) is 3.16. The Labute approximate surface area is 153 Å². The molecule has 0 saturated heterocycles. The van der Waals surface area contributed by atoms with E-state index in [0.717, 1.165) is 18.4 Å². The molecule has 0 spiro atoms. The minimum absolute atomic E-state index is 0.0766. The monoisotopic (exact) mass is 406 g/mol. The zero-order chi connectivity index (χ0) is 20.4. The van der Waals surface area contributed by atoms with E-state index in [9.17, 15) is 26.4 Å². The van der Waals surface area contributed by atoms with Gasteiger partial charge in [0.05, 0.1) is 5.56 Å². The number of carbonyl (C=O) groups excluding carboxylic acids is 1. The van der Waals surface area contributed by atoms with Crippen molar-refractivity contribution in [1.29, 1.82) is 0 Å². The first-order chi connectivity index (χ1) is 12.4. The van der Waals surface area contributed by atoms with Gasteiger partial charge in [-0.25, -0.2) is 4.72 Å².